The van der Waals surface area contributed by atoms with Crippen molar-refractivity contribution >= 4 is 5.82 Å². The van der Waals surface area contributed by atoms with Gasteiger partial charge in [0.15, 0.2) is 0 Å². The van der Waals surface area contributed by atoms with Crippen LogP contribution in [0.5, 0.6) is 0 Å². The maximum Gasteiger partial charge on any atom is 0.266 e. The molecule has 0 amide bonds. The second-order valence-corrected chi connectivity index (χ2v) is 2.11. The lowest BCUT2D eigenvalue weighted by Gasteiger charge is -2.01. The normalized spacial score (nSPS) is 9.83. The molecule has 0 spiro atoms. The highest BCUT2D eigenvalue weighted by Crippen LogP contribution is 2.22. The van der Waals surface area contributed by atoms with E-state index in [9.17, 15) is 8.78 Å². The van der Waals surface area contributed by atoms with Crippen LogP contribution in [-0.4, -0.2) is 4.98 Å². The van der Waals surface area contributed by atoms with E-state index in [4.69, 9.17) is 11.0 Å². The second-order valence-electron chi connectivity index (χ2n) is 2.11. The monoisotopic (exact) mass is 169 g/mol. The molecule has 0 aliphatic heterocycles. The largest absolute Gasteiger partial charge is 0.384 e. The Morgan fingerprint density at radius 1 is 1.58 bits per heavy atom. The smallest absolute Gasteiger partial charge is 0.266 e. The summed E-state index contributed by atoms with van der Waals surface area (Å²) in [6.45, 7) is 0. The molecule has 0 unspecified atom stereocenters. The van der Waals surface area contributed by atoms with E-state index in [0.717, 1.165) is 12.3 Å². The third kappa shape index (κ3) is 1.48. The Labute approximate surface area is 67.4 Å². The Morgan fingerprint density at radius 3 is 2.75 bits per heavy atom. The molecule has 0 atom stereocenters. The maximum atomic E-state index is 12.1. The fourth-order valence-corrected chi connectivity index (χ4v) is 0.753. The number of halogens is 2. The molecular formula is C7H5F2N3. The first-order valence-electron chi connectivity index (χ1n) is 3.09. The zero-order valence-electron chi connectivity index (χ0n) is 5.96. The average molecular weight is 169 g/mol. The van der Waals surface area contributed by atoms with E-state index in [-0.39, 0.29) is 16.9 Å². The number of pyridine rings is 1. The van der Waals surface area contributed by atoms with Gasteiger partial charge in [0.05, 0.1) is 17.2 Å². The lowest BCUT2D eigenvalue weighted by Crippen LogP contribution is -1.96. The number of anilines is 1. The summed E-state index contributed by atoms with van der Waals surface area (Å²) in [4.78, 5) is 3.46. The van der Waals surface area contributed by atoms with Crippen molar-refractivity contribution in [2.75, 3.05) is 5.73 Å². The van der Waals surface area contributed by atoms with Crippen molar-refractivity contribution in [3.8, 4) is 6.07 Å². The van der Waals surface area contributed by atoms with Crippen molar-refractivity contribution < 1.29 is 8.78 Å². The number of nitrogen functional groups attached to an aromatic ring is 1. The zero-order chi connectivity index (χ0) is 9.14. The number of hydrogen-bond acceptors (Lipinski definition) is 3. The van der Waals surface area contributed by atoms with Crippen molar-refractivity contribution in [3.05, 3.63) is 23.4 Å². The van der Waals surface area contributed by atoms with Crippen LogP contribution in [0.4, 0.5) is 14.6 Å². The van der Waals surface area contributed by atoms with Gasteiger partial charge in [0, 0.05) is 6.20 Å². The lowest BCUT2D eigenvalue weighted by atomic mass is 10.1. The van der Waals surface area contributed by atoms with E-state index in [2.05, 4.69) is 4.98 Å². The second kappa shape index (κ2) is 3.13. The molecule has 1 aromatic heterocycles. The van der Waals surface area contributed by atoms with Crippen molar-refractivity contribution in [1.29, 1.82) is 5.26 Å². The Kier molecular flexibility index (Phi) is 2.19. The van der Waals surface area contributed by atoms with Crippen LogP contribution in [0.1, 0.15) is 17.6 Å². The summed E-state index contributed by atoms with van der Waals surface area (Å²) in [5.74, 6) is 0.0657. The van der Waals surface area contributed by atoms with Crippen molar-refractivity contribution in [2.45, 2.75) is 6.43 Å². The molecule has 5 heteroatoms. The molecule has 0 radical (unpaired) electrons. The molecule has 0 aliphatic rings. The van der Waals surface area contributed by atoms with Crippen LogP contribution < -0.4 is 5.73 Å². The van der Waals surface area contributed by atoms with Crippen molar-refractivity contribution in [2.24, 2.45) is 0 Å². The van der Waals surface area contributed by atoms with Gasteiger partial charge in [-0.15, -0.1) is 0 Å². The molecule has 0 fully saturated rings. The molecule has 0 bridgehead atoms. The standard InChI is InChI=1S/C7H5F2N3/c8-7(9)5-3-12-6(11)1-4(5)2-10/h1,3,7H,(H2,11,12). The molecule has 12 heavy (non-hydrogen) atoms. The SMILES string of the molecule is N#Cc1cc(N)ncc1C(F)F. The number of nitrogens with two attached hydrogens (primary N) is 1. The number of nitrogens with zero attached hydrogens (tertiary/aromatic N) is 2. The third-order valence-corrected chi connectivity index (χ3v) is 1.31. The van der Waals surface area contributed by atoms with Crippen LogP contribution in [0.2, 0.25) is 0 Å². The van der Waals surface area contributed by atoms with Gasteiger partial charge in [-0.05, 0) is 6.07 Å². The van der Waals surface area contributed by atoms with Gasteiger partial charge in [0.1, 0.15) is 5.82 Å². The quantitative estimate of drug-likeness (QED) is 0.692. The number of hydrogen-bond donors (Lipinski definition) is 1. The summed E-state index contributed by atoms with van der Waals surface area (Å²) in [5.41, 5.74) is 4.69. The van der Waals surface area contributed by atoms with Gasteiger partial charge in [0.2, 0.25) is 0 Å². The van der Waals surface area contributed by atoms with E-state index in [0.29, 0.717) is 0 Å². The minimum absolute atomic E-state index is 0.0657. The Bertz CT molecular complexity index is 330. The average Bonchev–Trinajstić information content (AvgIpc) is 2.03. The highest BCUT2D eigenvalue weighted by Gasteiger charge is 2.13. The van der Waals surface area contributed by atoms with Crippen LogP contribution in [-0.2, 0) is 0 Å². The molecule has 0 aliphatic carbocycles. The Hall–Kier alpha value is -1.70. The number of aromatic nitrogens is 1. The van der Waals surface area contributed by atoms with Gasteiger partial charge >= 0.3 is 0 Å². The maximum absolute atomic E-state index is 12.1. The van der Waals surface area contributed by atoms with Gasteiger partial charge < -0.3 is 5.73 Å². The fourth-order valence-electron chi connectivity index (χ4n) is 0.753. The summed E-state index contributed by atoms with van der Waals surface area (Å²) >= 11 is 0. The van der Waals surface area contributed by atoms with Crippen LogP contribution in [0.3, 0.4) is 0 Å². The first kappa shape index (κ1) is 8.40. The number of rotatable bonds is 1. The minimum Gasteiger partial charge on any atom is -0.384 e. The van der Waals surface area contributed by atoms with E-state index >= 15 is 0 Å². The van der Waals surface area contributed by atoms with E-state index in [1.165, 1.54) is 0 Å². The Morgan fingerprint density at radius 2 is 2.25 bits per heavy atom. The first-order chi connectivity index (χ1) is 5.65. The van der Waals surface area contributed by atoms with Crippen LogP contribution in [0.25, 0.3) is 0 Å². The topological polar surface area (TPSA) is 62.7 Å². The molecule has 62 valence electrons. The molecular weight excluding hydrogens is 164 g/mol. The molecule has 0 aromatic carbocycles. The number of alkyl halides is 2. The summed E-state index contributed by atoms with van der Waals surface area (Å²) in [7, 11) is 0. The van der Waals surface area contributed by atoms with Crippen molar-refractivity contribution in [3.63, 3.8) is 0 Å². The predicted molar refractivity (Wildman–Crippen MR) is 38.3 cm³/mol. The molecule has 0 saturated carbocycles. The third-order valence-electron chi connectivity index (χ3n) is 1.31. The summed E-state index contributed by atoms with van der Waals surface area (Å²) in [6, 6.07) is 2.74. The van der Waals surface area contributed by atoms with Crippen LogP contribution >= 0.6 is 0 Å². The van der Waals surface area contributed by atoms with Gasteiger partial charge in [-0.25, -0.2) is 13.8 Å². The molecule has 1 rings (SSSR count). The molecule has 2 N–H and O–H groups in total. The van der Waals surface area contributed by atoms with Gasteiger partial charge in [-0.3, -0.25) is 0 Å². The molecule has 3 nitrogen and oxygen atoms in total. The van der Waals surface area contributed by atoms with E-state index < -0.39 is 6.43 Å². The highest BCUT2D eigenvalue weighted by molar-refractivity contribution is 5.44. The van der Waals surface area contributed by atoms with E-state index in [1.807, 2.05) is 0 Å². The molecule has 1 aromatic rings. The zero-order valence-corrected chi connectivity index (χ0v) is 5.96. The summed E-state index contributed by atoms with van der Waals surface area (Å²) in [5, 5.41) is 8.43. The molecule has 0 saturated heterocycles. The summed E-state index contributed by atoms with van der Waals surface area (Å²) in [6.07, 6.45) is -1.77. The predicted octanol–water partition coefficient (Wildman–Crippen LogP) is 1.47. The lowest BCUT2D eigenvalue weighted by molar-refractivity contribution is 0.150. The van der Waals surface area contributed by atoms with Crippen LogP contribution in [0, 0.1) is 11.3 Å². The highest BCUT2D eigenvalue weighted by atomic mass is 19.3. The van der Waals surface area contributed by atoms with Gasteiger partial charge in [-0.1, -0.05) is 0 Å². The first-order valence-corrected chi connectivity index (χ1v) is 3.09. The van der Waals surface area contributed by atoms with E-state index in [1.54, 1.807) is 6.07 Å². The van der Waals surface area contributed by atoms with Gasteiger partial charge in [0.25, 0.3) is 6.43 Å². The fraction of sp³-hybridized carbons (Fsp3) is 0.143. The van der Waals surface area contributed by atoms with Crippen molar-refractivity contribution in [1.82, 2.24) is 4.98 Å². The number of nitriles is 1. The summed E-state index contributed by atoms with van der Waals surface area (Å²) < 4.78 is 24.2. The Balaban J connectivity index is 3.23. The minimum atomic E-state index is -2.69. The van der Waals surface area contributed by atoms with Crippen LogP contribution in [0.15, 0.2) is 12.3 Å². The molecule has 1 heterocycles. The van der Waals surface area contributed by atoms with Gasteiger partial charge in [-0.2, -0.15) is 5.26 Å².